The summed E-state index contributed by atoms with van der Waals surface area (Å²) in [5.41, 5.74) is 4.99. The van der Waals surface area contributed by atoms with Gasteiger partial charge in [-0.2, -0.15) is 0 Å². The summed E-state index contributed by atoms with van der Waals surface area (Å²) < 4.78 is 2.08. The first-order chi connectivity index (χ1) is 15.1. The zero-order valence-corrected chi connectivity index (χ0v) is 20.0. The van der Waals surface area contributed by atoms with Crippen molar-refractivity contribution in [3.63, 3.8) is 0 Å². The van der Waals surface area contributed by atoms with Crippen molar-refractivity contribution in [3.05, 3.63) is 63.1 Å². The third kappa shape index (κ3) is 4.01. The molecular formula is C27H37N3O2. The zero-order valence-electron chi connectivity index (χ0n) is 20.0. The van der Waals surface area contributed by atoms with E-state index in [0.29, 0.717) is 23.4 Å². The second-order valence-electron chi connectivity index (χ2n) is 11.7. The van der Waals surface area contributed by atoms with E-state index in [1.54, 1.807) is 6.07 Å². The second-order valence-corrected chi connectivity index (χ2v) is 11.7. The monoisotopic (exact) mass is 435 g/mol. The van der Waals surface area contributed by atoms with Gasteiger partial charge < -0.3 is 9.67 Å². The third-order valence-electron chi connectivity index (χ3n) is 8.11. The van der Waals surface area contributed by atoms with E-state index in [1.165, 1.54) is 30.4 Å². The lowest BCUT2D eigenvalue weighted by molar-refractivity contribution is 0.126. The normalized spacial score (nSPS) is 27.4. The fourth-order valence-corrected chi connectivity index (χ4v) is 7.00. The molecule has 1 saturated heterocycles. The number of pyridine rings is 1. The lowest BCUT2D eigenvalue weighted by atomic mass is 9.65. The smallest absolute Gasteiger partial charge is 0.223 e. The van der Waals surface area contributed by atoms with Crippen LogP contribution in [0, 0.1) is 10.8 Å². The van der Waals surface area contributed by atoms with Crippen LogP contribution in [0.3, 0.4) is 0 Å². The van der Waals surface area contributed by atoms with Crippen molar-refractivity contribution in [1.29, 1.82) is 0 Å². The van der Waals surface area contributed by atoms with Gasteiger partial charge in [-0.1, -0.05) is 45.0 Å². The molecule has 172 valence electrons. The molecule has 3 aliphatic rings. The number of aromatic hydroxyl groups is 1. The van der Waals surface area contributed by atoms with Crippen LogP contribution in [0.4, 0.5) is 0 Å². The van der Waals surface area contributed by atoms with Gasteiger partial charge in [0.1, 0.15) is 0 Å². The van der Waals surface area contributed by atoms with Gasteiger partial charge >= 0.3 is 0 Å². The Morgan fingerprint density at radius 2 is 1.84 bits per heavy atom. The Bertz CT molecular complexity index is 1090. The van der Waals surface area contributed by atoms with Gasteiger partial charge in [0.15, 0.2) is 5.75 Å². The Hall–Kier alpha value is -2.11. The molecule has 2 aromatic rings. The number of fused-ring (bicyclic) bond motifs is 3. The molecule has 5 rings (SSSR count). The largest absolute Gasteiger partial charge is 0.503 e. The Balaban J connectivity index is 1.38. The minimum Gasteiger partial charge on any atom is -0.503 e. The predicted octanol–water partition coefficient (Wildman–Crippen LogP) is 4.05. The van der Waals surface area contributed by atoms with Crippen molar-refractivity contribution in [3.8, 4) is 5.75 Å². The average Bonchev–Trinajstić information content (AvgIpc) is 2.97. The number of rotatable bonds is 4. The molecule has 0 unspecified atom stereocenters. The Kier molecular flexibility index (Phi) is 5.25. The van der Waals surface area contributed by atoms with Gasteiger partial charge in [0.25, 0.3) is 0 Å². The predicted molar refractivity (Wildman–Crippen MR) is 128 cm³/mol. The summed E-state index contributed by atoms with van der Waals surface area (Å²) in [6.45, 7) is 11.5. The molecule has 0 radical (unpaired) electrons. The van der Waals surface area contributed by atoms with Crippen LogP contribution < -0.4 is 5.43 Å². The molecule has 2 aliphatic heterocycles. The maximum atomic E-state index is 12.7. The lowest BCUT2D eigenvalue weighted by Gasteiger charge is -2.40. The molecule has 1 saturated carbocycles. The fourth-order valence-electron chi connectivity index (χ4n) is 7.00. The van der Waals surface area contributed by atoms with Crippen molar-refractivity contribution in [1.82, 2.24) is 14.4 Å². The number of likely N-dealkylation sites (tertiary alicyclic amines) is 1. The molecule has 2 bridgehead atoms. The molecule has 2 fully saturated rings. The standard InChI is InChI=1S/C27H37N3O2/c1-26(2)12-22-13-27(3,17-26)18-30(22)16-23-25(32)24(31)11-21(28(23)4)15-29-10-9-19-7-5-6-8-20(19)14-29/h5-8,11,22,32H,9-10,12-18H2,1-4H3/t22-,27+/m1/s1. The quantitative estimate of drug-likeness (QED) is 0.787. The minimum atomic E-state index is -0.251. The summed E-state index contributed by atoms with van der Waals surface area (Å²) in [5.74, 6) is -0.0777. The Morgan fingerprint density at radius 1 is 1.09 bits per heavy atom. The van der Waals surface area contributed by atoms with Crippen LogP contribution in [0.1, 0.15) is 62.5 Å². The molecule has 1 N–H and O–H groups in total. The molecule has 5 nitrogen and oxygen atoms in total. The highest BCUT2D eigenvalue weighted by Crippen LogP contribution is 2.52. The van der Waals surface area contributed by atoms with Crippen molar-refractivity contribution >= 4 is 0 Å². The number of nitrogens with zero attached hydrogens (tertiary/aromatic N) is 3. The van der Waals surface area contributed by atoms with Gasteiger partial charge in [-0.3, -0.25) is 14.6 Å². The lowest BCUT2D eigenvalue weighted by Crippen LogP contribution is -2.35. The SMILES string of the molecule is Cn1c(CN2CCc3ccccc3C2)cc(=O)c(O)c1CN1C[C@@]2(C)C[C@H]1CC(C)(C)C2. The first kappa shape index (κ1) is 21.7. The first-order valence-corrected chi connectivity index (χ1v) is 12.1. The highest BCUT2D eigenvalue weighted by Gasteiger charge is 2.49. The molecular weight excluding hydrogens is 398 g/mol. The molecule has 32 heavy (non-hydrogen) atoms. The number of hydrogen-bond donors (Lipinski definition) is 1. The Labute approximate surface area is 191 Å². The number of aromatic nitrogens is 1. The second kappa shape index (κ2) is 7.74. The van der Waals surface area contributed by atoms with Crippen molar-refractivity contribution in [2.24, 2.45) is 17.9 Å². The average molecular weight is 436 g/mol. The molecule has 1 aromatic carbocycles. The van der Waals surface area contributed by atoms with Crippen LogP contribution >= 0.6 is 0 Å². The summed E-state index contributed by atoms with van der Waals surface area (Å²) in [7, 11) is 2.01. The zero-order chi connectivity index (χ0) is 22.7. The van der Waals surface area contributed by atoms with Crippen molar-refractivity contribution in [2.45, 2.75) is 72.1 Å². The van der Waals surface area contributed by atoms with Gasteiger partial charge in [0, 0.05) is 57.6 Å². The van der Waals surface area contributed by atoms with Gasteiger partial charge in [-0.05, 0) is 47.6 Å². The van der Waals surface area contributed by atoms with Crippen LogP contribution in [0.5, 0.6) is 5.75 Å². The van der Waals surface area contributed by atoms with Crippen LogP contribution in [-0.2, 0) is 33.1 Å². The van der Waals surface area contributed by atoms with E-state index in [4.69, 9.17) is 0 Å². The fraction of sp³-hybridized carbons (Fsp3) is 0.593. The Morgan fingerprint density at radius 3 is 2.62 bits per heavy atom. The topological polar surface area (TPSA) is 48.7 Å². The van der Waals surface area contributed by atoms with Crippen LogP contribution in [0.2, 0.25) is 0 Å². The van der Waals surface area contributed by atoms with E-state index in [2.05, 4.69) is 59.4 Å². The molecule has 2 atom stereocenters. The van der Waals surface area contributed by atoms with Crippen molar-refractivity contribution < 1.29 is 5.11 Å². The van der Waals surface area contributed by atoms with Gasteiger partial charge in [-0.25, -0.2) is 0 Å². The van der Waals surface area contributed by atoms with Crippen LogP contribution in [-0.4, -0.2) is 38.6 Å². The molecule has 1 aliphatic carbocycles. The van der Waals surface area contributed by atoms with E-state index in [0.717, 1.165) is 44.0 Å². The summed E-state index contributed by atoms with van der Waals surface area (Å²) >= 11 is 0. The maximum Gasteiger partial charge on any atom is 0.223 e. The maximum absolute atomic E-state index is 12.7. The first-order valence-electron chi connectivity index (χ1n) is 12.1. The van der Waals surface area contributed by atoms with E-state index in [9.17, 15) is 9.90 Å². The molecule has 3 heterocycles. The van der Waals surface area contributed by atoms with E-state index >= 15 is 0 Å². The van der Waals surface area contributed by atoms with Gasteiger partial charge in [0.05, 0.1) is 5.69 Å². The molecule has 0 spiro atoms. The van der Waals surface area contributed by atoms with Gasteiger partial charge in [0.2, 0.25) is 5.43 Å². The highest BCUT2D eigenvalue weighted by molar-refractivity contribution is 5.32. The van der Waals surface area contributed by atoms with E-state index in [1.807, 2.05) is 7.05 Å². The summed E-state index contributed by atoms with van der Waals surface area (Å²) in [5, 5.41) is 10.7. The minimum absolute atomic E-state index is 0.0777. The summed E-state index contributed by atoms with van der Waals surface area (Å²) in [6.07, 6.45) is 4.69. The summed E-state index contributed by atoms with van der Waals surface area (Å²) in [6, 6.07) is 10.8. The molecule has 1 aromatic heterocycles. The highest BCUT2D eigenvalue weighted by atomic mass is 16.3. The van der Waals surface area contributed by atoms with Crippen molar-refractivity contribution in [2.75, 3.05) is 13.1 Å². The third-order valence-corrected chi connectivity index (χ3v) is 8.11. The van der Waals surface area contributed by atoms with E-state index in [-0.39, 0.29) is 11.2 Å². The summed E-state index contributed by atoms with van der Waals surface area (Å²) in [4.78, 5) is 17.6. The van der Waals surface area contributed by atoms with Crippen LogP contribution in [0.15, 0.2) is 35.1 Å². The van der Waals surface area contributed by atoms with Gasteiger partial charge in [-0.15, -0.1) is 0 Å². The number of hydrogen-bond acceptors (Lipinski definition) is 4. The number of benzene rings is 1. The molecule has 0 amide bonds. The molecule has 5 heteroatoms. The van der Waals surface area contributed by atoms with E-state index < -0.39 is 0 Å². The van der Waals surface area contributed by atoms with Crippen LogP contribution in [0.25, 0.3) is 0 Å².